The number of carboxylic acid groups (broad SMARTS) is 2. The third-order valence-corrected chi connectivity index (χ3v) is 12.1. The fraction of sp³-hybridized carbons (Fsp3) is 0.467. The minimum atomic E-state index is -1.44. The zero-order valence-corrected chi connectivity index (χ0v) is 27.9. The molecule has 1 aromatic rings. The maximum absolute atomic E-state index is 13.4. The van der Waals surface area contributed by atoms with Crippen LogP contribution in [0, 0.1) is 34.5 Å². The molecule has 2 aliphatic heterocycles. The van der Waals surface area contributed by atoms with Crippen molar-refractivity contribution in [2.24, 2.45) is 11.8 Å². The fourth-order valence-electron chi connectivity index (χ4n) is 4.40. The van der Waals surface area contributed by atoms with E-state index in [0.717, 1.165) is 72.7 Å². The number of thioether (sulfide) groups is 4. The molecule has 234 valence electrons. The van der Waals surface area contributed by atoms with E-state index in [4.69, 9.17) is 9.47 Å². The number of carboxylic acids is 2. The molecule has 3 rings (SSSR count). The molecule has 2 atom stereocenters. The highest BCUT2D eigenvalue weighted by atomic mass is 32.2. The molecule has 0 bridgehead atoms. The van der Waals surface area contributed by atoms with E-state index in [-0.39, 0.29) is 39.6 Å². The first kappa shape index (κ1) is 35.4. The van der Waals surface area contributed by atoms with Gasteiger partial charge in [-0.25, -0.2) is 9.59 Å². The first-order chi connectivity index (χ1) is 21.1. The molecular formula is C30H32N2O8S4. The summed E-state index contributed by atoms with van der Waals surface area (Å²) in [6, 6.07) is 3.41. The number of nitrogens with zero attached hydrogens (tertiary/aromatic N) is 2. The van der Waals surface area contributed by atoms with E-state index in [1.807, 2.05) is 27.7 Å². The van der Waals surface area contributed by atoms with Gasteiger partial charge in [-0.3, -0.25) is 9.59 Å². The zero-order valence-electron chi connectivity index (χ0n) is 24.7. The highest BCUT2D eigenvalue weighted by Gasteiger charge is 2.41. The van der Waals surface area contributed by atoms with Crippen LogP contribution in [0.2, 0.25) is 0 Å². The third kappa shape index (κ3) is 7.78. The lowest BCUT2D eigenvalue weighted by molar-refractivity contribution is -0.141. The van der Waals surface area contributed by atoms with Gasteiger partial charge in [-0.05, 0) is 25.7 Å². The van der Waals surface area contributed by atoms with Gasteiger partial charge in [0.1, 0.15) is 12.1 Å². The van der Waals surface area contributed by atoms with Crippen LogP contribution in [0.15, 0.2) is 39.2 Å². The minimum absolute atomic E-state index is 0.0538. The molecule has 0 saturated carbocycles. The molecule has 44 heavy (non-hydrogen) atoms. The van der Waals surface area contributed by atoms with Crippen LogP contribution in [0.5, 0.6) is 11.5 Å². The number of fused-ring (bicyclic) bond motifs is 2. The number of aliphatic carboxylic acids is 2. The van der Waals surface area contributed by atoms with Crippen molar-refractivity contribution in [2.75, 3.05) is 0 Å². The topological polar surface area (TPSA) is 175 Å². The smallest absolute Gasteiger partial charge is 0.348 e. The second kappa shape index (κ2) is 16.3. The number of hydrogen-bond acceptors (Lipinski definition) is 12. The molecule has 0 saturated heterocycles. The fourth-order valence-corrected chi connectivity index (χ4v) is 9.73. The number of rotatable bonds is 14. The summed E-state index contributed by atoms with van der Waals surface area (Å²) in [5, 5.41) is 38.5. The normalized spacial score (nSPS) is 14.5. The Morgan fingerprint density at radius 1 is 0.659 bits per heavy atom. The van der Waals surface area contributed by atoms with E-state index >= 15 is 0 Å². The number of carbonyl (C=O) groups excluding carboxylic acids is 2. The highest BCUT2D eigenvalue weighted by Crippen LogP contribution is 2.68. The van der Waals surface area contributed by atoms with Gasteiger partial charge in [0.25, 0.3) is 0 Å². The van der Waals surface area contributed by atoms with Crippen molar-refractivity contribution in [2.45, 2.75) is 98.6 Å². The predicted octanol–water partition coefficient (Wildman–Crippen LogP) is 7.97. The third-order valence-electron chi connectivity index (χ3n) is 6.95. The largest absolute Gasteiger partial charge is 0.477 e. The molecule has 10 nitrogen and oxygen atoms in total. The summed E-state index contributed by atoms with van der Waals surface area (Å²) in [6.45, 7) is 7.77. The molecule has 2 N–H and O–H groups in total. The van der Waals surface area contributed by atoms with Gasteiger partial charge in [-0.15, -0.1) is 0 Å². The monoisotopic (exact) mass is 676 g/mol. The SMILES string of the molecule is CCCCC(CC)C(=O)Oc1c2c(c(OC(=O)C(CC)CCCC)c3c1SC(=C(C#N)C(=O)O)S3)SC(=C(C#N)C(=O)O)S2. The van der Waals surface area contributed by atoms with Crippen LogP contribution in [0.1, 0.15) is 79.1 Å². The van der Waals surface area contributed by atoms with Crippen LogP contribution < -0.4 is 9.47 Å². The van der Waals surface area contributed by atoms with Gasteiger partial charge in [-0.2, -0.15) is 10.5 Å². The summed E-state index contributed by atoms with van der Waals surface area (Å²) < 4.78 is 12.3. The van der Waals surface area contributed by atoms with E-state index in [1.165, 1.54) is 0 Å². The first-order valence-corrected chi connectivity index (χ1v) is 17.5. The number of unbranched alkanes of at least 4 members (excludes halogenated alkanes) is 2. The zero-order chi connectivity index (χ0) is 32.6. The lowest BCUT2D eigenvalue weighted by Gasteiger charge is -2.20. The van der Waals surface area contributed by atoms with E-state index in [1.54, 1.807) is 12.1 Å². The van der Waals surface area contributed by atoms with Gasteiger partial charge in [0.15, 0.2) is 22.6 Å². The Morgan fingerprint density at radius 2 is 0.977 bits per heavy atom. The molecule has 2 unspecified atom stereocenters. The lowest BCUT2D eigenvalue weighted by Crippen LogP contribution is -2.22. The molecule has 1 aromatic carbocycles. The van der Waals surface area contributed by atoms with Crippen LogP contribution >= 0.6 is 47.0 Å². The van der Waals surface area contributed by atoms with Crippen LogP contribution in [0.25, 0.3) is 0 Å². The maximum atomic E-state index is 13.4. The van der Waals surface area contributed by atoms with Crippen LogP contribution in [0.4, 0.5) is 0 Å². The Kier molecular flexibility index (Phi) is 13.1. The molecular weight excluding hydrogens is 645 g/mol. The number of nitriles is 2. The predicted molar refractivity (Wildman–Crippen MR) is 168 cm³/mol. The van der Waals surface area contributed by atoms with Crippen molar-refractivity contribution in [1.82, 2.24) is 0 Å². The van der Waals surface area contributed by atoms with Crippen molar-refractivity contribution in [1.29, 1.82) is 10.5 Å². The molecule has 2 heterocycles. The average Bonchev–Trinajstić information content (AvgIpc) is 3.61. The molecule has 2 aliphatic rings. The van der Waals surface area contributed by atoms with E-state index in [2.05, 4.69) is 0 Å². The summed E-state index contributed by atoms with van der Waals surface area (Å²) in [5.41, 5.74) is -1.04. The van der Waals surface area contributed by atoms with E-state index in [9.17, 15) is 39.9 Å². The number of ether oxygens (including phenoxy) is 2. The summed E-state index contributed by atoms with van der Waals surface area (Å²) in [5.74, 6) is -4.64. The average molecular weight is 677 g/mol. The Morgan fingerprint density at radius 3 is 1.20 bits per heavy atom. The van der Waals surface area contributed by atoms with Crippen molar-refractivity contribution >= 4 is 70.9 Å². The molecule has 0 amide bonds. The molecule has 14 heteroatoms. The van der Waals surface area contributed by atoms with E-state index in [0.29, 0.717) is 25.7 Å². The van der Waals surface area contributed by atoms with Crippen molar-refractivity contribution in [3.8, 4) is 23.6 Å². The molecule has 0 radical (unpaired) electrons. The van der Waals surface area contributed by atoms with Gasteiger partial charge in [-0.1, -0.05) is 100 Å². The Hall–Kier alpha value is -3.04. The Balaban J connectivity index is 2.29. The van der Waals surface area contributed by atoms with Crippen molar-refractivity contribution in [3.63, 3.8) is 0 Å². The maximum Gasteiger partial charge on any atom is 0.348 e. The van der Waals surface area contributed by atoms with Crippen molar-refractivity contribution < 1.29 is 38.9 Å². The second-order valence-electron chi connectivity index (χ2n) is 9.88. The summed E-state index contributed by atoms with van der Waals surface area (Å²) in [7, 11) is 0. The van der Waals surface area contributed by atoms with Gasteiger partial charge in [0.05, 0.1) is 39.9 Å². The molecule has 0 aliphatic carbocycles. The van der Waals surface area contributed by atoms with Crippen LogP contribution in [0.3, 0.4) is 0 Å². The minimum Gasteiger partial charge on any atom is -0.477 e. The summed E-state index contributed by atoms with van der Waals surface area (Å²) in [4.78, 5) is 51.8. The van der Waals surface area contributed by atoms with Gasteiger partial charge in [0, 0.05) is 0 Å². The Labute approximate surface area is 273 Å². The van der Waals surface area contributed by atoms with Crippen LogP contribution in [-0.2, 0) is 19.2 Å². The van der Waals surface area contributed by atoms with Gasteiger partial charge < -0.3 is 19.7 Å². The summed E-state index contributed by atoms with van der Waals surface area (Å²) >= 11 is 3.64. The quantitative estimate of drug-likeness (QED) is 0.0839. The van der Waals surface area contributed by atoms with Gasteiger partial charge >= 0.3 is 23.9 Å². The van der Waals surface area contributed by atoms with Gasteiger partial charge in [0.2, 0.25) is 0 Å². The molecule has 0 aromatic heterocycles. The lowest BCUT2D eigenvalue weighted by atomic mass is 10.00. The number of carbonyl (C=O) groups is 4. The second-order valence-corrected chi connectivity index (χ2v) is 14.5. The van der Waals surface area contributed by atoms with Crippen molar-refractivity contribution in [3.05, 3.63) is 19.6 Å². The Bertz CT molecular complexity index is 1350. The number of esters is 2. The number of hydrogen-bond donors (Lipinski definition) is 2. The van der Waals surface area contributed by atoms with E-state index < -0.39 is 46.9 Å². The molecule has 0 spiro atoms. The summed E-state index contributed by atoms with van der Waals surface area (Å²) in [6.07, 6.45) is 5.59. The number of benzene rings is 1. The molecule has 0 fully saturated rings. The first-order valence-electron chi connectivity index (χ1n) is 14.2. The highest BCUT2D eigenvalue weighted by molar-refractivity contribution is 8.26. The van der Waals surface area contributed by atoms with Crippen LogP contribution in [-0.4, -0.2) is 34.1 Å². The standard InChI is InChI=1S/C30H32N2O8S4/c1-5-9-11-15(7-3)27(37)39-19-21-23(43-29(41-21)17(13-31)25(33)34)20(40-28(38)16(8-4)12-10-6-2)24-22(19)42-30(44-24)18(14-32)26(35)36/h15-16H,5-12H2,1-4H3,(H,33,34)(H,35,36).